The quantitative estimate of drug-likeness (QED) is 0.567. The molecule has 0 radical (unpaired) electrons. The summed E-state index contributed by atoms with van der Waals surface area (Å²) in [6.07, 6.45) is 4.93. The van der Waals surface area contributed by atoms with Crippen LogP contribution in [0.15, 0.2) is 67.3 Å². The van der Waals surface area contributed by atoms with E-state index in [9.17, 15) is 0 Å². The first-order valence-corrected chi connectivity index (χ1v) is 11.6. The summed E-state index contributed by atoms with van der Waals surface area (Å²) in [4.78, 5) is 6.43. The molecule has 3 atom stereocenters. The maximum Gasteiger partial charge on any atom is 0.215 e. The van der Waals surface area contributed by atoms with E-state index >= 15 is 0 Å². The minimum absolute atomic E-state index is 0.326. The highest BCUT2D eigenvalue weighted by molar-refractivity contribution is 6.35. The molecule has 3 heterocycles. The molecular formula is C24H26Cl2N4O3. The number of nitrogens with zero attached hydrogens (tertiary/aromatic N) is 3. The van der Waals surface area contributed by atoms with Gasteiger partial charge in [-0.25, -0.2) is 4.98 Å². The average Bonchev–Trinajstić information content (AvgIpc) is 3.51. The van der Waals surface area contributed by atoms with Crippen molar-refractivity contribution in [2.75, 3.05) is 38.3 Å². The Hall–Kier alpha value is -2.13. The molecule has 9 heteroatoms. The van der Waals surface area contributed by atoms with Gasteiger partial charge < -0.3 is 29.0 Å². The number of hydrogen-bond donors (Lipinski definition) is 1. The number of halogens is 2. The van der Waals surface area contributed by atoms with Crippen molar-refractivity contribution in [1.29, 1.82) is 0 Å². The second-order valence-electron chi connectivity index (χ2n) is 8.24. The number of nitrogens with one attached hydrogen (secondary N) is 1. The van der Waals surface area contributed by atoms with Crippen LogP contribution in [0, 0.1) is 0 Å². The first-order valence-electron chi connectivity index (χ1n) is 10.9. The van der Waals surface area contributed by atoms with Gasteiger partial charge in [0.15, 0.2) is 5.72 Å². The number of piperazine rings is 1. The molecule has 2 saturated heterocycles. The van der Waals surface area contributed by atoms with Gasteiger partial charge >= 0.3 is 0 Å². The Morgan fingerprint density at radius 2 is 2.06 bits per heavy atom. The molecule has 0 amide bonds. The van der Waals surface area contributed by atoms with Gasteiger partial charge in [-0.05, 0) is 24.3 Å². The number of aromatic nitrogens is 2. The summed E-state index contributed by atoms with van der Waals surface area (Å²) in [6.45, 7) is 2.91. The van der Waals surface area contributed by atoms with Gasteiger partial charge in [-0.1, -0.05) is 47.5 Å². The first kappa shape index (κ1) is 22.7. The van der Waals surface area contributed by atoms with Crippen molar-refractivity contribution in [2.45, 2.75) is 24.2 Å². The van der Waals surface area contributed by atoms with Gasteiger partial charge in [0.05, 0.1) is 24.5 Å². The van der Waals surface area contributed by atoms with Crippen LogP contribution in [0.2, 0.25) is 10.0 Å². The predicted octanol–water partition coefficient (Wildman–Crippen LogP) is 3.91. The van der Waals surface area contributed by atoms with Crippen LogP contribution in [0.1, 0.15) is 5.56 Å². The van der Waals surface area contributed by atoms with Gasteiger partial charge in [0.1, 0.15) is 6.10 Å². The van der Waals surface area contributed by atoms with E-state index in [1.54, 1.807) is 31.8 Å². The summed E-state index contributed by atoms with van der Waals surface area (Å²) in [7, 11) is 1.72. The molecule has 2 aromatic carbocycles. The summed E-state index contributed by atoms with van der Waals surface area (Å²) in [5.41, 5.74) is 1.02. The third-order valence-electron chi connectivity index (χ3n) is 6.36. The standard InChI is InChI=1S/C24H26Cl2N4O3/c1-31-23(15-27-10-12-30(23)19-5-3-2-4-6-19)22-14-32-24(33-22,16-29-11-9-28-17-29)20-8-7-18(25)13-21(20)26/h2-9,11,13,17,22,27H,10,12,14-16H2,1H3. The molecule has 0 spiro atoms. The van der Waals surface area contributed by atoms with Crippen LogP contribution in [0.25, 0.3) is 0 Å². The highest BCUT2D eigenvalue weighted by Gasteiger charge is 2.56. The molecule has 2 aliphatic rings. The number of para-hydroxylation sites is 1. The third-order valence-corrected chi connectivity index (χ3v) is 6.91. The number of imidazole rings is 1. The highest BCUT2D eigenvalue weighted by atomic mass is 35.5. The molecule has 0 saturated carbocycles. The minimum Gasteiger partial charge on any atom is -0.355 e. The minimum atomic E-state index is -1.13. The number of benzene rings is 2. The Labute approximate surface area is 203 Å². The summed E-state index contributed by atoms with van der Waals surface area (Å²) in [6, 6.07) is 15.6. The maximum atomic E-state index is 6.81. The normalized spacial score (nSPS) is 27.7. The highest BCUT2D eigenvalue weighted by Crippen LogP contribution is 2.44. The first-order chi connectivity index (χ1) is 16.1. The fourth-order valence-electron chi connectivity index (χ4n) is 4.76. The number of hydrogen-bond acceptors (Lipinski definition) is 6. The predicted molar refractivity (Wildman–Crippen MR) is 128 cm³/mol. The van der Waals surface area contributed by atoms with E-state index in [1.807, 2.05) is 35.0 Å². The summed E-state index contributed by atoms with van der Waals surface area (Å²) in [5, 5.41) is 4.51. The van der Waals surface area contributed by atoms with Crippen LogP contribution in [-0.4, -0.2) is 54.7 Å². The smallest absolute Gasteiger partial charge is 0.215 e. The Kier molecular flexibility index (Phi) is 6.35. The summed E-state index contributed by atoms with van der Waals surface area (Å²) in [5.74, 6) is -1.13. The van der Waals surface area contributed by atoms with Gasteiger partial charge in [0.2, 0.25) is 5.79 Å². The van der Waals surface area contributed by atoms with Crippen LogP contribution < -0.4 is 10.2 Å². The Balaban J connectivity index is 1.54. The van der Waals surface area contributed by atoms with Crippen molar-refractivity contribution in [2.24, 2.45) is 0 Å². The average molecular weight is 489 g/mol. The van der Waals surface area contributed by atoms with E-state index in [4.69, 9.17) is 37.4 Å². The van der Waals surface area contributed by atoms with Crippen LogP contribution in [0.3, 0.4) is 0 Å². The van der Waals surface area contributed by atoms with E-state index in [1.165, 1.54) is 0 Å². The molecule has 7 nitrogen and oxygen atoms in total. The number of rotatable bonds is 6. The molecule has 2 aliphatic heterocycles. The molecule has 5 rings (SSSR count). The molecule has 1 N–H and O–H groups in total. The third kappa shape index (κ3) is 4.14. The number of ether oxygens (including phenoxy) is 3. The molecule has 2 fully saturated rings. The Morgan fingerprint density at radius 1 is 1.21 bits per heavy atom. The zero-order valence-electron chi connectivity index (χ0n) is 18.3. The van der Waals surface area contributed by atoms with Crippen LogP contribution in [-0.2, 0) is 26.5 Å². The lowest BCUT2D eigenvalue weighted by molar-refractivity contribution is -0.213. The van der Waals surface area contributed by atoms with Crippen LogP contribution in [0.4, 0.5) is 5.69 Å². The van der Waals surface area contributed by atoms with E-state index in [2.05, 4.69) is 27.3 Å². The summed E-state index contributed by atoms with van der Waals surface area (Å²) < 4.78 is 21.4. The number of anilines is 1. The van der Waals surface area contributed by atoms with Crippen molar-refractivity contribution in [3.8, 4) is 0 Å². The Morgan fingerprint density at radius 3 is 2.79 bits per heavy atom. The SMILES string of the molecule is COC1(C2COC(Cn3ccnc3)(c3ccc(Cl)cc3Cl)O2)CNCCN1c1ccccc1. The van der Waals surface area contributed by atoms with Crippen LogP contribution in [0.5, 0.6) is 0 Å². The molecule has 3 aromatic rings. The Bertz CT molecular complexity index is 1080. The van der Waals surface area contributed by atoms with Gasteiger partial charge in [0, 0.05) is 55.4 Å². The number of methoxy groups -OCH3 is 1. The molecule has 174 valence electrons. The fraction of sp³-hybridized carbons (Fsp3) is 0.375. The van der Waals surface area contributed by atoms with E-state index in [-0.39, 0.29) is 0 Å². The molecule has 1 aromatic heterocycles. The van der Waals surface area contributed by atoms with Crippen molar-refractivity contribution in [3.05, 3.63) is 82.9 Å². The fourth-order valence-corrected chi connectivity index (χ4v) is 5.31. The molecule has 3 unspecified atom stereocenters. The monoisotopic (exact) mass is 488 g/mol. The molecule has 33 heavy (non-hydrogen) atoms. The topological polar surface area (TPSA) is 60.8 Å². The lowest BCUT2D eigenvalue weighted by Crippen LogP contribution is -2.69. The lowest BCUT2D eigenvalue weighted by atomic mass is 10.0. The van der Waals surface area contributed by atoms with Crippen LogP contribution >= 0.6 is 23.2 Å². The van der Waals surface area contributed by atoms with Gasteiger partial charge in [-0.3, -0.25) is 0 Å². The van der Waals surface area contributed by atoms with Gasteiger partial charge in [0.25, 0.3) is 0 Å². The molecule has 0 aliphatic carbocycles. The van der Waals surface area contributed by atoms with Crippen molar-refractivity contribution in [3.63, 3.8) is 0 Å². The van der Waals surface area contributed by atoms with Gasteiger partial charge in [-0.15, -0.1) is 0 Å². The van der Waals surface area contributed by atoms with Gasteiger partial charge in [-0.2, -0.15) is 0 Å². The van der Waals surface area contributed by atoms with Crippen molar-refractivity contribution < 1.29 is 14.2 Å². The van der Waals surface area contributed by atoms with Crippen molar-refractivity contribution in [1.82, 2.24) is 14.9 Å². The summed E-state index contributed by atoms with van der Waals surface area (Å²) >= 11 is 12.8. The largest absolute Gasteiger partial charge is 0.355 e. The molecule has 0 bridgehead atoms. The second-order valence-corrected chi connectivity index (χ2v) is 9.09. The lowest BCUT2D eigenvalue weighted by Gasteiger charge is -2.50. The second kappa shape index (κ2) is 9.25. The zero-order chi connectivity index (χ0) is 22.9. The van der Waals surface area contributed by atoms with E-state index in [0.29, 0.717) is 35.3 Å². The van der Waals surface area contributed by atoms with E-state index in [0.717, 1.165) is 18.8 Å². The van der Waals surface area contributed by atoms with E-state index < -0.39 is 17.6 Å². The molecular weight excluding hydrogens is 463 g/mol. The van der Waals surface area contributed by atoms with Crippen molar-refractivity contribution >= 4 is 28.9 Å². The zero-order valence-corrected chi connectivity index (χ0v) is 19.8. The maximum absolute atomic E-state index is 6.81.